The minimum Gasteiger partial charge on any atom is -0.344 e. The summed E-state index contributed by atoms with van der Waals surface area (Å²) in [6.45, 7) is 2.47. The smallest absolute Gasteiger partial charge is 0.243 e. The van der Waals surface area contributed by atoms with Crippen LogP contribution in [0.2, 0.25) is 0 Å². The number of amides is 5. The van der Waals surface area contributed by atoms with Crippen molar-refractivity contribution in [3.63, 3.8) is 0 Å². The third-order valence-corrected chi connectivity index (χ3v) is 10.2. The molecule has 57 heavy (non-hydrogen) atoms. The molecule has 1 fully saturated rings. The van der Waals surface area contributed by atoms with E-state index in [4.69, 9.17) is 11.5 Å². The standard InChI is InChI=1S/C44H59N7O6/c1-2-3-21-34-41(54)49-36(23-14-25-46)43(56)51-38(28-32-19-11-6-12-20-32)44(57)50-37(27-31-17-9-5-10-18-31)39(52)29-33(26-30-15-7-4-8-16-30)40(53)47-35(22-13-24-45)42(55)48-34/h4-12,15-20,33-38H,2-3,13-14,21-29,45-46H2,1H3,(H,47,53)(H,48,55)(H,49,54)(H,50,57)(H,51,56)/t33-,34+,35-,36-,37-,38+/m1/s1. The van der Waals surface area contributed by atoms with Crippen molar-refractivity contribution in [2.45, 2.75) is 108 Å². The quantitative estimate of drug-likeness (QED) is 0.121. The van der Waals surface area contributed by atoms with E-state index in [1.165, 1.54) is 0 Å². The zero-order valence-electron chi connectivity index (χ0n) is 32.9. The van der Waals surface area contributed by atoms with E-state index >= 15 is 0 Å². The maximum Gasteiger partial charge on any atom is 0.243 e. The maximum atomic E-state index is 14.5. The summed E-state index contributed by atoms with van der Waals surface area (Å²) in [5, 5.41) is 14.3. The fraction of sp³-hybridized carbons (Fsp3) is 0.455. The van der Waals surface area contributed by atoms with Crippen LogP contribution in [0.3, 0.4) is 0 Å². The van der Waals surface area contributed by atoms with Crippen molar-refractivity contribution in [1.29, 1.82) is 0 Å². The van der Waals surface area contributed by atoms with Crippen LogP contribution in [0.25, 0.3) is 0 Å². The number of rotatable bonds is 15. The van der Waals surface area contributed by atoms with Gasteiger partial charge in [0, 0.05) is 18.8 Å². The molecule has 0 aromatic heterocycles. The topological polar surface area (TPSA) is 215 Å². The zero-order chi connectivity index (χ0) is 41.0. The molecule has 13 heteroatoms. The van der Waals surface area contributed by atoms with Crippen molar-refractivity contribution >= 4 is 35.3 Å². The highest BCUT2D eigenvalue weighted by Gasteiger charge is 2.35. The van der Waals surface area contributed by atoms with Gasteiger partial charge in [-0.2, -0.15) is 0 Å². The Kier molecular flexibility index (Phi) is 18.4. The average Bonchev–Trinajstić information content (AvgIpc) is 3.22. The number of nitrogens with one attached hydrogen (secondary N) is 5. The van der Waals surface area contributed by atoms with E-state index in [0.717, 1.165) is 23.1 Å². The van der Waals surface area contributed by atoms with E-state index in [9.17, 15) is 28.8 Å². The lowest BCUT2D eigenvalue weighted by Crippen LogP contribution is -2.60. The second kappa shape index (κ2) is 23.6. The molecule has 0 saturated carbocycles. The molecule has 0 bridgehead atoms. The molecule has 3 aromatic rings. The van der Waals surface area contributed by atoms with Crippen LogP contribution >= 0.6 is 0 Å². The number of unbranched alkanes of at least 4 members (excludes halogenated alkanes) is 1. The number of hydrogen-bond acceptors (Lipinski definition) is 8. The number of hydrogen-bond donors (Lipinski definition) is 7. The molecule has 9 N–H and O–H groups in total. The zero-order valence-corrected chi connectivity index (χ0v) is 32.9. The second-order valence-corrected chi connectivity index (χ2v) is 14.7. The van der Waals surface area contributed by atoms with Crippen molar-refractivity contribution in [2.24, 2.45) is 17.4 Å². The molecule has 5 amide bonds. The van der Waals surface area contributed by atoms with Gasteiger partial charge in [-0.1, -0.05) is 111 Å². The van der Waals surface area contributed by atoms with Gasteiger partial charge in [0.15, 0.2) is 5.78 Å². The predicted octanol–water partition coefficient (Wildman–Crippen LogP) is 2.40. The van der Waals surface area contributed by atoms with Crippen LogP contribution in [-0.2, 0) is 48.0 Å². The third-order valence-electron chi connectivity index (χ3n) is 10.2. The van der Waals surface area contributed by atoms with E-state index < -0.39 is 65.7 Å². The molecule has 306 valence electrons. The van der Waals surface area contributed by atoms with Crippen molar-refractivity contribution in [2.75, 3.05) is 13.1 Å². The normalized spacial score (nSPS) is 22.9. The van der Waals surface area contributed by atoms with E-state index in [2.05, 4.69) is 26.6 Å². The lowest BCUT2D eigenvalue weighted by molar-refractivity contribution is -0.137. The SMILES string of the molecule is CCCC[C@@H]1NC(=O)[C@@H](CCCN)NC(=O)[C@H](Cc2ccccc2)CC(=O)[C@@H](Cc2ccccc2)NC(=O)[C@H](Cc2ccccc2)NC(=O)[C@@H](CCCN)NC1=O. The van der Waals surface area contributed by atoms with Crippen LogP contribution in [0, 0.1) is 5.92 Å². The number of ketones is 1. The molecule has 0 spiro atoms. The Morgan fingerprint density at radius 1 is 0.456 bits per heavy atom. The largest absolute Gasteiger partial charge is 0.344 e. The average molecular weight is 782 g/mol. The van der Waals surface area contributed by atoms with Crippen LogP contribution in [0.15, 0.2) is 91.0 Å². The highest BCUT2D eigenvalue weighted by molar-refractivity contribution is 5.98. The fourth-order valence-corrected chi connectivity index (χ4v) is 6.93. The Hall–Kier alpha value is -5.40. The van der Waals surface area contributed by atoms with Crippen LogP contribution in [0.5, 0.6) is 0 Å². The minimum absolute atomic E-state index is 0.0978. The summed E-state index contributed by atoms with van der Waals surface area (Å²) >= 11 is 0. The molecular weight excluding hydrogens is 723 g/mol. The van der Waals surface area contributed by atoms with Gasteiger partial charge >= 0.3 is 0 Å². The summed E-state index contributed by atoms with van der Waals surface area (Å²) in [5.41, 5.74) is 14.0. The molecular formula is C44H59N7O6. The number of carbonyl (C=O) groups excluding carboxylic acids is 6. The van der Waals surface area contributed by atoms with Crippen LogP contribution in [0.4, 0.5) is 0 Å². The second-order valence-electron chi connectivity index (χ2n) is 14.7. The summed E-state index contributed by atoms with van der Waals surface area (Å²) in [6.07, 6.45) is 2.96. The molecule has 1 heterocycles. The molecule has 0 aliphatic carbocycles. The van der Waals surface area contributed by atoms with Gasteiger partial charge in [-0.25, -0.2) is 0 Å². The van der Waals surface area contributed by atoms with Gasteiger partial charge in [0.25, 0.3) is 0 Å². The maximum absolute atomic E-state index is 14.5. The van der Waals surface area contributed by atoms with Crippen LogP contribution < -0.4 is 38.1 Å². The molecule has 6 atom stereocenters. The highest BCUT2D eigenvalue weighted by atomic mass is 16.2. The van der Waals surface area contributed by atoms with Crippen molar-refractivity contribution < 1.29 is 28.8 Å². The van der Waals surface area contributed by atoms with Gasteiger partial charge in [-0.05, 0) is 74.7 Å². The first-order valence-electron chi connectivity index (χ1n) is 20.2. The van der Waals surface area contributed by atoms with Crippen molar-refractivity contribution in [3.8, 4) is 0 Å². The minimum atomic E-state index is -1.13. The van der Waals surface area contributed by atoms with Gasteiger partial charge in [0.2, 0.25) is 29.5 Å². The third kappa shape index (κ3) is 14.6. The molecule has 1 aliphatic rings. The van der Waals surface area contributed by atoms with E-state index in [0.29, 0.717) is 19.3 Å². The lowest BCUT2D eigenvalue weighted by atomic mass is 9.89. The number of nitrogens with two attached hydrogens (primary N) is 2. The molecule has 3 aromatic carbocycles. The lowest BCUT2D eigenvalue weighted by Gasteiger charge is -2.29. The van der Waals surface area contributed by atoms with Crippen molar-refractivity contribution in [1.82, 2.24) is 26.6 Å². The van der Waals surface area contributed by atoms with Gasteiger partial charge in [0.1, 0.15) is 24.2 Å². The monoisotopic (exact) mass is 781 g/mol. The van der Waals surface area contributed by atoms with E-state index in [-0.39, 0.29) is 63.8 Å². The Bertz CT molecular complexity index is 1700. The number of Topliss-reactive ketones (excluding diaryl/α,β-unsaturated/α-hetero) is 1. The molecule has 1 saturated heterocycles. The number of benzene rings is 3. The fourth-order valence-electron chi connectivity index (χ4n) is 6.93. The first kappa shape index (κ1) is 44.3. The van der Waals surface area contributed by atoms with E-state index in [1.54, 1.807) is 0 Å². The summed E-state index contributed by atoms with van der Waals surface area (Å²) in [7, 11) is 0. The van der Waals surface area contributed by atoms with Gasteiger partial charge < -0.3 is 38.1 Å². The van der Waals surface area contributed by atoms with E-state index in [1.807, 2.05) is 97.9 Å². The Morgan fingerprint density at radius 3 is 1.25 bits per heavy atom. The first-order chi connectivity index (χ1) is 27.6. The van der Waals surface area contributed by atoms with Crippen LogP contribution in [-0.4, -0.2) is 78.6 Å². The molecule has 0 unspecified atom stereocenters. The first-order valence-corrected chi connectivity index (χ1v) is 20.2. The Labute approximate surface area is 335 Å². The van der Waals surface area contributed by atoms with Crippen molar-refractivity contribution in [3.05, 3.63) is 108 Å². The summed E-state index contributed by atoms with van der Waals surface area (Å²) < 4.78 is 0. The highest BCUT2D eigenvalue weighted by Crippen LogP contribution is 2.18. The van der Waals surface area contributed by atoms with Gasteiger partial charge in [0.05, 0.1) is 6.04 Å². The summed E-state index contributed by atoms with van der Waals surface area (Å²) in [4.78, 5) is 85.1. The molecule has 0 radical (unpaired) electrons. The summed E-state index contributed by atoms with van der Waals surface area (Å²) in [6, 6.07) is 22.3. The van der Waals surface area contributed by atoms with Gasteiger partial charge in [-0.15, -0.1) is 0 Å². The molecule has 4 rings (SSSR count). The molecule has 1 aliphatic heterocycles. The summed E-state index contributed by atoms with van der Waals surface area (Å²) in [5.74, 6) is -4.14. The molecule has 13 nitrogen and oxygen atoms in total. The van der Waals surface area contributed by atoms with Crippen LogP contribution in [0.1, 0.15) is 75.0 Å². The predicted molar refractivity (Wildman–Crippen MR) is 219 cm³/mol. The Balaban J connectivity index is 1.80. The van der Waals surface area contributed by atoms with Gasteiger partial charge in [-0.3, -0.25) is 28.8 Å². The number of carbonyl (C=O) groups is 6. The Morgan fingerprint density at radius 2 is 0.807 bits per heavy atom.